The minimum absolute atomic E-state index is 0.159. The fraction of sp³-hybridized carbons (Fsp3) is 0.667. The first kappa shape index (κ1) is 17.4. The maximum absolute atomic E-state index is 11.4. The molecule has 0 aromatic carbocycles. The molecule has 2 N–H and O–H groups in total. The first-order valence-electron chi connectivity index (χ1n) is 5.85. The minimum Gasteiger partial charge on any atom is -0.480 e. The third kappa shape index (κ3) is 8.46. The van der Waals surface area contributed by atoms with Gasteiger partial charge in [-0.1, -0.05) is 48.1 Å². The molecule has 0 heterocycles. The third-order valence-corrected chi connectivity index (χ3v) is 3.30. The van der Waals surface area contributed by atoms with Crippen molar-refractivity contribution >= 4 is 34.5 Å². The lowest BCUT2D eigenvalue weighted by molar-refractivity contribution is -0.149. The number of carboxylic acid groups (broad SMARTS) is 1. The molecule has 0 saturated heterocycles. The van der Waals surface area contributed by atoms with Gasteiger partial charge in [0.2, 0.25) is 0 Å². The molecule has 0 aromatic rings. The van der Waals surface area contributed by atoms with E-state index in [-0.39, 0.29) is 6.42 Å². The molecule has 0 unspecified atom stereocenters. The van der Waals surface area contributed by atoms with Gasteiger partial charge in [0.15, 0.2) is 0 Å². The predicted octanol–water partition coefficient (Wildman–Crippen LogP) is 1.75. The molecular weight excluding hydrogens is 349 g/mol. The number of alkyl halides is 1. The Balaban J connectivity index is 4.06. The Labute approximate surface area is 121 Å². The van der Waals surface area contributed by atoms with Crippen LogP contribution >= 0.6 is 22.6 Å². The molecule has 5 nitrogen and oxygen atoms in total. The molecule has 0 aliphatic heterocycles. The molecule has 0 aromatic heterocycles. The maximum Gasteiger partial charge on any atom is 0.321 e. The first-order valence-corrected chi connectivity index (χ1v) is 7.38. The molecule has 0 spiro atoms. The quantitative estimate of drug-likeness (QED) is 0.202. The summed E-state index contributed by atoms with van der Waals surface area (Å²) in [5, 5.41) is 11.8. The lowest BCUT2D eigenvalue weighted by Crippen LogP contribution is -2.40. The average Bonchev–Trinajstić information content (AvgIpc) is 2.33. The van der Waals surface area contributed by atoms with Crippen LogP contribution in [0, 0.1) is 0 Å². The van der Waals surface area contributed by atoms with Gasteiger partial charge in [0.1, 0.15) is 6.04 Å². The molecule has 0 radical (unpaired) electrons. The van der Waals surface area contributed by atoms with Gasteiger partial charge in [0.05, 0.1) is 13.0 Å². The zero-order valence-corrected chi connectivity index (χ0v) is 12.7. The Hall–Kier alpha value is -0.630. The molecule has 6 heteroatoms. The first-order chi connectivity index (χ1) is 8.51. The van der Waals surface area contributed by atoms with Crippen molar-refractivity contribution in [1.82, 2.24) is 5.32 Å². The van der Waals surface area contributed by atoms with Crippen LogP contribution in [0.1, 0.15) is 26.2 Å². The van der Waals surface area contributed by atoms with E-state index >= 15 is 0 Å². The van der Waals surface area contributed by atoms with Gasteiger partial charge in [-0.25, -0.2) is 0 Å². The second-order valence-electron chi connectivity index (χ2n) is 3.93. The number of aliphatic carboxylic acids is 1. The number of carbonyl (C=O) groups excluding carboxylic acids is 1. The normalized spacial score (nSPS) is 11.9. The van der Waals surface area contributed by atoms with E-state index in [1.165, 1.54) is 0 Å². The van der Waals surface area contributed by atoms with E-state index in [0.717, 1.165) is 22.8 Å². The SMILES string of the molecule is C=C(CI)CN[C@@H](CC(=O)OCCCC)C(=O)O. The van der Waals surface area contributed by atoms with Crippen molar-refractivity contribution in [2.24, 2.45) is 0 Å². The number of halogens is 1. The number of unbranched alkanes of at least 4 members (excludes halogenated alkanes) is 1. The molecule has 0 fully saturated rings. The number of esters is 1. The second-order valence-corrected chi connectivity index (χ2v) is 4.70. The summed E-state index contributed by atoms with van der Waals surface area (Å²) in [4.78, 5) is 22.4. The van der Waals surface area contributed by atoms with Crippen LogP contribution < -0.4 is 5.32 Å². The van der Waals surface area contributed by atoms with Crippen molar-refractivity contribution in [2.75, 3.05) is 17.6 Å². The monoisotopic (exact) mass is 369 g/mol. The molecule has 1 atom stereocenters. The number of rotatable bonds is 10. The standard InChI is InChI=1S/C12H20INO4/c1-3-4-5-18-11(15)6-10(12(16)17)14-8-9(2)7-13/h10,14H,2-8H2,1H3,(H,16,17)/t10-/m0/s1. The number of carbonyl (C=O) groups is 2. The summed E-state index contributed by atoms with van der Waals surface area (Å²) in [6.45, 7) is 6.50. The molecule has 0 amide bonds. The number of hydrogen-bond donors (Lipinski definition) is 2. The highest BCUT2D eigenvalue weighted by atomic mass is 127. The van der Waals surface area contributed by atoms with Gasteiger partial charge < -0.3 is 15.2 Å². The summed E-state index contributed by atoms with van der Waals surface area (Å²) >= 11 is 2.15. The summed E-state index contributed by atoms with van der Waals surface area (Å²) in [5.41, 5.74) is 0.890. The Morgan fingerprint density at radius 3 is 2.67 bits per heavy atom. The van der Waals surface area contributed by atoms with Gasteiger partial charge in [-0.3, -0.25) is 9.59 Å². The highest BCUT2D eigenvalue weighted by molar-refractivity contribution is 14.1. The zero-order valence-electron chi connectivity index (χ0n) is 10.6. The lowest BCUT2D eigenvalue weighted by Gasteiger charge is -2.14. The van der Waals surface area contributed by atoms with Crippen molar-refractivity contribution in [1.29, 1.82) is 0 Å². The van der Waals surface area contributed by atoms with E-state index in [1.807, 2.05) is 6.92 Å². The number of hydrogen-bond acceptors (Lipinski definition) is 4. The van der Waals surface area contributed by atoms with Crippen LogP contribution in [0.5, 0.6) is 0 Å². The highest BCUT2D eigenvalue weighted by Gasteiger charge is 2.21. The van der Waals surface area contributed by atoms with Crippen LogP contribution in [-0.4, -0.2) is 40.7 Å². The van der Waals surface area contributed by atoms with Gasteiger partial charge in [0, 0.05) is 11.0 Å². The smallest absolute Gasteiger partial charge is 0.321 e. The summed E-state index contributed by atoms with van der Waals surface area (Å²) in [6.07, 6.45) is 1.57. The van der Waals surface area contributed by atoms with Gasteiger partial charge in [-0.05, 0) is 6.42 Å². The van der Waals surface area contributed by atoms with Crippen LogP contribution in [0.25, 0.3) is 0 Å². The molecule has 18 heavy (non-hydrogen) atoms. The fourth-order valence-electron chi connectivity index (χ4n) is 1.12. The van der Waals surface area contributed by atoms with E-state index in [9.17, 15) is 9.59 Å². The maximum atomic E-state index is 11.4. The minimum atomic E-state index is -1.05. The van der Waals surface area contributed by atoms with Gasteiger partial charge in [-0.15, -0.1) is 0 Å². The number of ether oxygens (including phenoxy) is 1. The van der Waals surface area contributed by atoms with E-state index in [0.29, 0.717) is 13.2 Å². The Morgan fingerprint density at radius 2 is 2.17 bits per heavy atom. The van der Waals surface area contributed by atoms with Crippen LogP contribution in [0.4, 0.5) is 0 Å². The molecular formula is C12H20INO4. The van der Waals surface area contributed by atoms with Crippen molar-refractivity contribution in [3.05, 3.63) is 12.2 Å². The van der Waals surface area contributed by atoms with E-state index in [4.69, 9.17) is 9.84 Å². The summed E-state index contributed by atoms with van der Waals surface area (Å²) in [7, 11) is 0. The Kier molecular flexibility index (Phi) is 9.95. The van der Waals surface area contributed by atoms with Crippen molar-refractivity contribution in [3.63, 3.8) is 0 Å². The zero-order chi connectivity index (χ0) is 14.0. The van der Waals surface area contributed by atoms with Crippen LogP contribution in [0.2, 0.25) is 0 Å². The fourth-order valence-corrected chi connectivity index (χ4v) is 1.39. The van der Waals surface area contributed by atoms with E-state index in [2.05, 4.69) is 34.5 Å². The van der Waals surface area contributed by atoms with Crippen molar-refractivity contribution in [2.45, 2.75) is 32.2 Å². The summed E-state index contributed by atoms with van der Waals surface area (Å²) in [5.74, 6) is -1.54. The lowest BCUT2D eigenvalue weighted by atomic mass is 10.2. The highest BCUT2D eigenvalue weighted by Crippen LogP contribution is 2.00. The third-order valence-electron chi connectivity index (χ3n) is 2.22. The largest absolute Gasteiger partial charge is 0.480 e. The number of nitrogens with one attached hydrogen (secondary N) is 1. The second kappa shape index (κ2) is 10.3. The Morgan fingerprint density at radius 1 is 1.50 bits per heavy atom. The topological polar surface area (TPSA) is 75.6 Å². The van der Waals surface area contributed by atoms with Gasteiger partial charge >= 0.3 is 11.9 Å². The molecule has 0 aliphatic carbocycles. The molecule has 0 bridgehead atoms. The number of carboxylic acids is 1. The van der Waals surface area contributed by atoms with Crippen LogP contribution in [0.3, 0.4) is 0 Å². The predicted molar refractivity (Wildman–Crippen MR) is 77.9 cm³/mol. The summed E-state index contributed by atoms with van der Waals surface area (Å²) < 4.78 is 5.68. The average molecular weight is 369 g/mol. The molecule has 104 valence electrons. The van der Waals surface area contributed by atoms with Crippen molar-refractivity contribution < 1.29 is 19.4 Å². The van der Waals surface area contributed by atoms with Crippen LogP contribution in [-0.2, 0) is 14.3 Å². The molecule has 0 rings (SSSR count). The van der Waals surface area contributed by atoms with Crippen molar-refractivity contribution in [3.8, 4) is 0 Å². The molecule has 0 saturated carbocycles. The van der Waals surface area contributed by atoms with Crippen LogP contribution in [0.15, 0.2) is 12.2 Å². The Bertz CT molecular complexity index is 294. The summed E-state index contributed by atoms with van der Waals surface area (Å²) in [6, 6.07) is -0.918. The van der Waals surface area contributed by atoms with E-state index in [1.54, 1.807) is 0 Å². The molecule has 0 aliphatic rings. The van der Waals surface area contributed by atoms with Gasteiger partial charge in [-0.2, -0.15) is 0 Å². The van der Waals surface area contributed by atoms with E-state index < -0.39 is 18.0 Å². The van der Waals surface area contributed by atoms with Gasteiger partial charge in [0.25, 0.3) is 0 Å².